The van der Waals surface area contributed by atoms with Crippen molar-refractivity contribution >= 4 is 11.9 Å². The normalized spacial score (nSPS) is 31.7. The number of rotatable bonds is 5. The van der Waals surface area contributed by atoms with E-state index in [0.717, 1.165) is 11.1 Å². The van der Waals surface area contributed by atoms with Gasteiger partial charge in [0.2, 0.25) is 0 Å². The van der Waals surface area contributed by atoms with E-state index in [9.17, 15) is 9.59 Å². The number of Topliss-reactive ketones (excluding diaryl/α,β-unsaturated/α-hetero) is 1. The van der Waals surface area contributed by atoms with Crippen LogP contribution in [0.15, 0.2) is 73.3 Å². The van der Waals surface area contributed by atoms with Gasteiger partial charge in [-0.1, -0.05) is 66.7 Å². The first-order valence-corrected chi connectivity index (χ1v) is 9.80. The first-order chi connectivity index (χ1) is 14.0. The van der Waals surface area contributed by atoms with E-state index < -0.39 is 29.8 Å². The molecule has 4 rings (SSSR count). The molecule has 1 heterocycles. The molecule has 2 aliphatic rings. The number of ketones is 1. The van der Waals surface area contributed by atoms with E-state index in [-0.39, 0.29) is 18.2 Å². The van der Waals surface area contributed by atoms with Crippen LogP contribution in [0.25, 0.3) is 0 Å². The summed E-state index contributed by atoms with van der Waals surface area (Å²) in [6.45, 7) is 5.70. The number of hydrogen-bond donors (Lipinski definition) is 0. The third-order valence-corrected chi connectivity index (χ3v) is 6.33. The van der Waals surface area contributed by atoms with Gasteiger partial charge in [-0.05, 0) is 18.1 Å². The third kappa shape index (κ3) is 3.06. The minimum absolute atomic E-state index is 0.0251. The van der Waals surface area contributed by atoms with Gasteiger partial charge < -0.3 is 9.47 Å². The second-order valence-electron chi connectivity index (χ2n) is 7.77. The largest absolute Gasteiger partial charge is 0.439 e. The van der Waals surface area contributed by atoms with Gasteiger partial charge in [0.25, 0.3) is 0 Å². The van der Waals surface area contributed by atoms with Crippen LogP contribution >= 0.6 is 0 Å². The van der Waals surface area contributed by atoms with Gasteiger partial charge >= 0.3 is 6.09 Å². The van der Waals surface area contributed by atoms with Crippen LogP contribution in [0.4, 0.5) is 4.79 Å². The molecule has 1 aliphatic carbocycles. The predicted octanol–water partition coefficient (Wildman–Crippen LogP) is 4.47. The van der Waals surface area contributed by atoms with Crippen LogP contribution in [0, 0.1) is 5.92 Å². The van der Waals surface area contributed by atoms with Gasteiger partial charge in [-0.25, -0.2) is 4.79 Å². The summed E-state index contributed by atoms with van der Waals surface area (Å²) in [4.78, 5) is 27.6. The number of nitrogens with zero attached hydrogens (tertiary/aromatic N) is 1. The number of methoxy groups -OCH3 is 1. The zero-order valence-electron chi connectivity index (χ0n) is 16.7. The molecule has 1 aliphatic heterocycles. The molecular weight excluding hydrogens is 366 g/mol. The minimum atomic E-state index is -0.865. The first-order valence-electron chi connectivity index (χ1n) is 9.80. The van der Waals surface area contributed by atoms with Crippen molar-refractivity contribution in [1.29, 1.82) is 0 Å². The molecule has 0 radical (unpaired) electrons. The molecule has 1 saturated heterocycles. The van der Waals surface area contributed by atoms with Crippen LogP contribution in [0.2, 0.25) is 0 Å². The monoisotopic (exact) mass is 391 g/mol. The Bertz CT molecular complexity index is 913. The highest BCUT2D eigenvalue weighted by molar-refractivity contribution is 5.89. The fraction of sp³-hybridized carbons (Fsp3) is 0.333. The molecule has 5 nitrogen and oxygen atoms in total. The maximum absolute atomic E-state index is 13.1. The maximum Gasteiger partial charge on any atom is 0.411 e. The molecule has 5 heteroatoms. The second kappa shape index (κ2) is 7.48. The van der Waals surface area contributed by atoms with E-state index in [2.05, 4.69) is 6.58 Å². The molecule has 150 valence electrons. The van der Waals surface area contributed by atoms with E-state index in [1.165, 1.54) is 0 Å². The third-order valence-electron chi connectivity index (χ3n) is 6.33. The molecule has 5 atom stereocenters. The Kier molecular flexibility index (Phi) is 5.01. The molecule has 2 aromatic rings. The summed E-state index contributed by atoms with van der Waals surface area (Å²) in [5.41, 5.74) is 1.01. The lowest BCUT2D eigenvalue weighted by molar-refractivity contribution is -0.123. The van der Waals surface area contributed by atoms with E-state index in [0.29, 0.717) is 0 Å². The van der Waals surface area contributed by atoms with Crippen LogP contribution < -0.4 is 0 Å². The fourth-order valence-electron chi connectivity index (χ4n) is 4.74. The highest BCUT2D eigenvalue weighted by Gasteiger charge is 2.59. The minimum Gasteiger partial charge on any atom is -0.439 e. The van der Waals surface area contributed by atoms with Gasteiger partial charge in [0, 0.05) is 13.5 Å². The average Bonchev–Trinajstić information content (AvgIpc) is 3.22. The van der Waals surface area contributed by atoms with Crippen molar-refractivity contribution in [2.75, 3.05) is 7.11 Å². The van der Waals surface area contributed by atoms with Gasteiger partial charge in [-0.15, -0.1) is 6.58 Å². The molecule has 29 heavy (non-hydrogen) atoms. The van der Waals surface area contributed by atoms with Gasteiger partial charge in [0.1, 0.15) is 11.8 Å². The Labute approximate surface area is 170 Å². The van der Waals surface area contributed by atoms with Crippen LogP contribution in [0.1, 0.15) is 36.6 Å². The molecule has 0 bridgehead atoms. The molecule has 0 aromatic heterocycles. The molecule has 0 N–H and O–H groups in total. The Morgan fingerprint density at radius 3 is 2.21 bits per heavy atom. The van der Waals surface area contributed by atoms with Gasteiger partial charge in [-0.3, -0.25) is 9.69 Å². The summed E-state index contributed by atoms with van der Waals surface area (Å²) >= 11 is 0. The Morgan fingerprint density at radius 1 is 1.07 bits per heavy atom. The number of amides is 1. The number of hydrogen-bond acceptors (Lipinski definition) is 4. The van der Waals surface area contributed by atoms with Crippen LogP contribution in [0.5, 0.6) is 0 Å². The standard InChI is InChI=1S/C24H25NO4/c1-4-18-19(26)15-20(24(18,2)28-3)25-21(16-11-7-5-8-12-16)22(29-23(25)27)17-13-9-6-10-14-17/h4-14,18,20-22H,1,15H2,2-3H3/t18?,20-,21+,22-,24-/m0/s1. The van der Waals surface area contributed by atoms with Crippen LogP contribution in [-0.2, 0) is 14.3 Å². The quantitative estimate of drug-likeness (QED) is 0.706. The van der Waals surface area contributed by atoms with Crippen LogP contribution in [-0.4, -0.2) is 35.5 Å². The Hall–Kier alpha value is -2.92. The lowest BCUT2D eigenvalue weighted by Gasteiger charge is -2.40. The molecule has 0 spiro atoms. The maximum atomic E-state index is 13.1. The van der Waals surface area contributed by atoms with Crippen molar-refractivity contribution in [3.8, 4) is 0 Å². The van der Waals surface area contributed by atoms with E-state index in [4.69, 9.17) is 9.47 Å². The Balaban J connectivity index is 1.82. The predicted molar refractivity (Wildman–Crippen MR) is 109 cm³/mol. The van der Waals surface area contributed by atoms with E-state index in [1.54, 1.807) is 18.1 Å². The highest BCUT2D eigenvalue weighted by atomic mass is 16.6. The first kappa shape index (κ1) is 19.4. The van der Waals surface area contributed by atoms with Gasteiger partial charge in [0.05, 0.1) is 17.6 Å². The molecule has 2 fully saturated rings. The van der Waals surface area contributed by atoms with Gasteiger partial charge in [-0.2, -0.15) is 0 Å². The fourth-order valence-corrected chi connectivity index (χ4v) is 4.74. The van der Waals surface area contributed by atoms with Crippen LogP contribution in [0.3, 0.4) is 0 Å². The second-order valence-corrected chi connectivity index (χ2v) is 7.77. The van der Waals surface area contributed by atoms with Gasteiger partial charge in [0.15, 0.2) is 6.10 Å². The molecular formula is C24H25NO4. The van der Waals surface area contributed by atoms with Crippen molar-refractivity contribution in [2.45, 2.75) is 37.1 Å². The molecule has 2 aromatic carbocycles. The summed E-state index contributed by atoms with van der Waals surface area (Å²) in [5, 5.41) is 0. The lowest BCUT2D eigenvalue weighted by atomic mass is 9.87. The average molecular weight is 391 g/mol. The number of carbonyl (C=O) groups excluding carboxylic acids is 2. The number of cyclic esters (lactones) is 1. The summed E-state index contributed by atoms with van der Waals surface area (Å²) in [6, 6.07) is 18.7. The smallest absolute Gasteiger partial charge is 0.411 e. The summed E-state index contributed by atoms with van der Waals surface area (Å²) in [6.07, 6.45) is 0.934. The van der Waals surface area contributed by atoms with Crippen molar-refractivity contribution < 1.29 is 19.1 Å². The SMILES string of the molecule is C=CC1C(=O)C[C@H](N2C(=O)O[C@@H](c3ccccc3)[C@H]2c2ccccc2)[C@@]1(C)OC. The van der Waals surface area contributed by atoms with Crippen molar-refractivity contribution in [1.82, 2.24) is 4.90 Å². The summed E-state index contributed by atoms with van der Waals surface area (Å²) in [5.74, 6) is -0.449. The summed E-state index contributed by atoms with van der Waals surface area (Å²) < 4.78 is 11.7. The molecule has 1 unspecified atom stereocenters. The van der Waals surface area contributed by atoms with Crippen molar-refractivity contribution in [2.24, 2.45) is 5.92 Å². The van der Waals surface area contributed by atoms with E-state index >= 15 is 0 Å². The zero-order chi connectivity index (χ0) is 20.6. The molecule has 1 amide bonds. The highest BCUT2D eigenvalue weighted by Crippen LogP contribution is 2.50. The zero-order valence-corrected chi connectivity index (χ0v) is 16.7. The lowest BCUT2D eigenvalue weighted by Crippen LogP contribution is -2.52. The topological polar surface area (TPSA) is 55.8 Å². The number of benzene rings is 2. The molecule has 1 saturated carbocycles. The summed E-state index contributed by atoms with van der Waals surface area (Å²) in [7, 11) is 1.58. The van der Waals surface area contributed by atoms with Crippen molar-refractivity contribution in [3.63, 3.8) is 0 Å². The number of ether oxygens (including phenoxy) is 2. The van der Waals surface area contributed by atoms with Crippen molar-refractivity contribution in [3.05, 3.63) is 84.4 Å². The van der Waals surface area contributed by atoms with E-state index in [1.807, 2.05) is 67.6 Å². The number of carbonyl (C=O) groups is 2. The Morgan fingerprint density at radius 2 is 1.66 bits per heavy atom.